The Labute approximate surface area is 213 Å². The van der Waals surface area contributed by atoms with E-state index in [2.05, 4.69) is 20.1 Å². The molecular formula is C27H28F3N5O2. The van der Waals surface area contributed by atoms with Crippen molar-refractivity contribution in [2.75, 3.05) is 31.1 Å². The number of ether oxygens (including phenoxy) is 1. The monoisotopic (exact) mass is 511 g/mol. The van der Waals surface area contributed by atoms with Crippen molar-refractivity contribution in [3.8, 4) is 17.1 Å². The summed E-state index contributed by atoms with van der Waals surface area (Å²) in [6, 6.07) is 17.0. The van der Waals surface area contributed by atoms with Gasteiger partial charge in [0.1, 0.15) is 12.4 Å². The van der Waals surface area contributed by atoms with Gasteiger partial charge in [-0.15, -0.1) is 0 Å². The highest BCUT2D eigenvalue weighted by Crippen LogP contribution is 2.30. The number of aryl methyl sites for hydroxylation is 2. The Morgan fingerprint density at radius 1 is 0.946 bits per heavy atom. The first-order chi connectivity index (χ1) is 17.7. The first-order valence-electron chi connectivity index (χ1n) is 12.1. The molecule has 0 saturated carbocycles. The van der Waals surface area contributed by atoms with Crippen LogP contribution in [0.2, 0.25) is 0 Å². The summed E-state index contributed by atoms with van der Waals surface area (Å²) in [6.45, 7) is 6.09. The van der Waals surface area contributed by atoms with Crippen LogP contribution in [-0.2, 0) is 26.4 Å². The molecular weight excluding hydrogens is 483 g/mol. The molecule has 0 N–H and O–H groups in total. The van der Waals surface area contributed by atoms with Crippen LogP contribution in [0.4, 0.5) is 19.0 Å². The zero-order valence-electron chi connectivity index (χ0n) is 20.7. The SMILES string of the molecule is Cc1cc(COc2ccc(-c3cc(N4CCN(Cc5ccc(C(F)(F)F)cc5)CC4)no3)cc2)n(C)n1. The molecule has 0 amide bonds. The minimum Gasteiger partial charge on any atom is -0.487 e. The Balaban J connectivity index is 1.13. The molecule has 2 aromatic heterocycles. The molecule has 0 aliphatic carbocycles. The normalized spacial score (nSPS) is 14.8. The molecule has 194 valence electrons. The topological polar surface area (TPSA) is 59.6 Å². The summed E-state index contributed by atoms with van der Waals surface area (Å²) < 4.78 is 51.6. The van der Waals surface area contributed by atoms with Crippen LogP contribution in [0.1, 0.15) is 22.5 Å². The van der Waals surface area contributed by atoms with Gasteiger partial charge >= 0.3 is 6.18 Å². The minimum absolute atomic E-state index is 0.438. The van der Waals surface area contributed by atoms with Gasteiger partial charge in [0.2, 0.25) is 0 Å². The molecule has 0 spiro atoms. The van der Waals surface area contributed by atoms with Gasteiger partial charge in [0.25, 0.3) is 0 Å². The molecule has 7 nitrogen and oxygen atoms in total. The van der Waals surface area contributed by atoms with Crippen LogP contribution in [0.5, 0.6) is 5.75 Å². The standard InChI is InChI=1S/C27H28F3N5O2/c1-19-15-23(33(2)31-19)18-36-24-9-5-21(6-10-24)25-16-26(32-37-25)35-13-11-34(12-14-35)17-20-3-7-22(8-4-20)27(28,29)30/h3-10,15-16H,11-14,17-18H2,1-2H3. The van der Waals surface area contributed by atoms with E-state index < -0.39 is 11.7 Å². The van der Waals surface area contributed by atoms with E-state index in [4.69, 9.17) is 9.26 Å². The summed E-state index contributed by atoms with van der Waals surface area (Å²) in [5, 5.41) is 8.58. The molecule has 1 saturated heterocycles. The van der Waals surface area contributed by atoms with Crippen LogP contribution in [0, 0.1) is 6.92 Å². The zero-order chi connectivity index (χ0) is 26.0. The van der Waals surface area contributed by atoms with E-state index in [9.17, 15) is 13.2 Å². The Hall–Kier alpha value is -3.79. The molecule has 3 heterocycles. The molecule has 0 bridgehead atoms. The quantitative estimate of drug-likeness (QED) is 0.336. The van der Waals surface area contributed by atoms with Gasteiger partial charge in [-0.2, -0.15) is 18.3 Å². The largest absolute Gasteiger partial charge is 0.487 e. The number of halogens is 3. The maximum Gasteiger partial charge on any atom is 0.416 e. The summed E-state index contributed by atoms with van der Waals surface area (Å²) in [4.78, 5) is 4.38. The van der Waals surface area contributed by atoms with Crippen LogP contribution in [0.15, 0.2) is 65.2 Å². The maximum atomic E-state index is 12.8. The van der Waals surface area contributed by atoms with Crippen molar-refractivity contribution in [1.29, 1.82) is 0 Å². The van der Waals surface area contributed by atoms with Crippen molar-refractivity contribution in [2.45, 2.75) is 26.3 Å². The van der Waals surface area contributed by atoms with Crippen LogP contribution in [-0.4, -0.2) is 46.0 Å². The average molecular weight is 512 g/mol. The predicted octanol–water partition coefficient (Wildman–Crippen LogP) is 5.30. The fourth-order valence-electron chi connectivity index (χ4n) is 4.42. The third-order valence-corrected chi connectivity index (χ3v) is 6.51. The maximum absolute atomic E-state index is 12.8. The molecule has 10 heteroatoms. The Bertz CT molecular complexity index is 1320. The molecule has 5 rings (SSSR count). The lowest BCUT2D eigenvalue weighted by Gasteiger charge is -2.34. The smallest absolute Gasteiger partial charge is 0.416 e. The number of benzene rings is 2. The molecule has 1 fully saturated rings. The van der Waals surface area contributed by atoms with Gasteiger partial charge in [-0.05, 0) is 55.0 Å². The fraction of sp³-hybridized carbons (Fsp3) is 0.333. The summed E-state index contributed by atoms with van der Waals surface area (Å²) >= 11 is 0. The first-order valence-corrected chi connectivity index (χ1v) is 12.1. The Morgan fingerprint density at radius 2 is 1.65 bits per heavy atom. The lowest BCUT2D eigenvalue weighted by molar-refractivity contribution is -0.137. The van der Waals surface area contributed by atoms with Crippen molar-refractivity contribution in [1.82, 2.24) is 19.8 Å². The van der Waals surface area contributed by atoms with E-state index in [1.807, 2.05) is 55.1 Å². The summed E-state index contributed by atoms with van der Waals surface area (Å²) in [5.41, 5.74) is 3.11. The molecule has 4 aromatic rings. The van der Waals surface area contributed by atoms with Crippen molar-refractivity contribution in [3.63, 3.8) is 0 Å². The van der Waals surface area contributed by atoms with E-state index in [-0.39, 0.29) is 0 Å². The second-order valence-electron chi connectivity index (χ2n) is 9.22. The van der Waals surface area contributed by atoms with E-state index in [1.54, 1.807) is 12.1 Å². The number of hydrogen-bond acceptors (Lipinski definition) is 6. The first kappa shape index (κ1) is 24.9. The number of nitrogens with zero attached hydrogens (tertiary/aromatic N) is 5. The van der Waals surface area contributed by atoms with E-state index in [1.165, 1.54) is 0 Å². The van der Waals surface area contributed by atoms with Crippen LogP contribution in [0.25, 0.3) is 11.3 Å². The van der Waals surface area contributed by atoms with Crippen molar-refractivity contribution in [3.05, 3.63) is 83.2 Å². The minimum atomic E-state index is -4.31. The van der Waals surface area contributed by atoms with Crippen molar-refractivity contribution < 1.29 is 22.4 Å². The summed E-state index contributed by atoms with van der Waals surface area (Å²) in [6.07, 6.45) is -4.31. The van der Waals surface area contributed by atoms with Crippen LogP contribution >= 0.6 is 0 Å². The number of piperazine rings is 1. The van der Waals surface area contributed by atoms with Gasteiger partial charge in [-0.25, -0.2) is 0 Å². The molecule has 1 aliphatic rings. The van der Waals surface area contributed by atoms with Crippen LogP contribution in [0.3, 0.4) is 0 Å². The molecule has 37 heavy (non-hydrogen) atoms. The zero-order valence-corrected chi connectivity index (χ0v) is 20.7. The van der Waals surface area contributed by atoms with Gasteiger partial charge in [0.05, 0.1) is 17.0 Å². The lowest BCUT2D eigenvalue weighted by atomic mass is 10.1. The highest BCUT2D eigenvalue weighted by Gasteiger charge is 2.30. The van der Waals surface area contributed by atoms with Crippen LogP contribution < -0.4 is 9.64 Å². The number of alkyl halides is 3. The van der Waals surface area contributed by atoms with E-state index in [0.717, 1.165) is 72.4 Å². The van der Waals surface area contributed by atoms with Gasteiger partial charge in [0.15, 0.2) is 11.6 Å². The molecule has 0 radical (unpaired) electrons. The van der Waals surface area contributed by atoms with Gasteiger partial charge < -0.3 is 14.2 Å². The predicted molar refractivity (Wildman–Crippen MR) is 133 cm³/mol. The second-order valence-corrected chi connectivity index (χ2v) is 9.22. The fourth-order valence-corrected chi connectivity index (χ4v) is 4.42. The van der Waals surface area contributed by atoms with Gasteiger partial charge in [-0.1, -0.05) is 17.3 Å². The number of anilines is 1. The number of aromatic nitrogens is 3. The molecule has 2 aromatic carbocycles. The van der Waals surface area contributed by atoms with Gasteiger partial charge in [-0.3, -0.25) is 9.58 Å². The lowest BCUT2D eigenvalue weighted by Crippen LogP contribution is -2.46. The number of rotatable bonds is 7. The third kappa shape index (κ3) is 5.96. The highest BCUT2D eigenvalue weighted by atomic mass is 19.4. The second kappa shape index (κ2) is 10.3. The summed E-state index contributed by atoms with van der Waals surface area (Å²) in [7, 11) is 1.90. The van der Waals surface area contributed by atoms with E-state index in [0.29, 0.717) is 18.9 Å². The van der Waals surface area contributed by atoms with Crippen molar-refractivity contribution >= 4 is 5.82 Å². The highest BCUT2D eigenvalue weighted by molar-refractivity contribution is 5.62. The summed E-state index contributed by atoms with van der Waals surface area (Å²) in [5.74, 6) is 2.21. The van der Waals surface area contributed by atoms with Gasteiger partial charge in [0, 0.05) is 51.4 Å². The van der Waals surface area contributed by atoms with E-state index >= 15 is 0 Å². The number of hydrogen-bond donors (Lipinski definition) is 0. The molecule has 0 unspecified atom stereocenters. The van der Waals surface area contributed by atoms with Crippen molar-refractivity contribution in [2.24, 2.45) is 7.05 Å². The molecule has 0 atom stereocenters. The third-order valence-electron chi connectivity index (χ3n) is 6.51. The molecule has 1 aliphatic heterocycles. The average Bonchev–Trinajstić information content (AvgIpc) is 3.49. The Morgan fingerprint density at radius 3 is 2.27 bits per heavy atom. The Kier molecular flexibility index (Phi) is 6.92.